The number of nitrogens with one attached hydrogen (secondary N) is 2. The molecule has 13 heteroatoms. The number of unbranched alkanes of at least 4 members (excludes halogenated alkanes) is 1. The Hall–Kier alpha value is -4.19. The number of anilines is 1. The first-order valence-corrected chi connectivity index (χ1v) is 11.6. The maximum atomic E-state index is 13.8. The molecule has 0 unspecified atom stereocenters. The SMILES string of the molecule is O=C(Cc1ccccn1)Nc1cn(CCCCn2cc(C(=O)NCc3cc(Cl)ccc3F)nn2)nn1. The highest BCUT2D eigenvalue weighted by Crippen LogP contribution is 2.14. The van der Waals surface area contributed by atoms with Gasteiger partial charge in [0.25, 0.3) is 5.91 Å². The van der Waals surface area contributed by atoms with Crippen LogP contribution in [0.25, 0.3) is 0 Å². The van der Waals surface area contributed by atoms with Gasteiger partial charge in [0, 0.05) is 42.1 Å². The summed E-state index contributed by atoms with van der Waals surface area (Å²) in [6, 6.07) is 9.55. The molecule has 186 valence electrons. The Morgan fingerprint density at radius 1 is 1.00 bits per heavy atom. The van der Waals surface area contributed by atoms with E-state index in [1.54, 1.807) is 33.9 Å². The number of aromatic nitrogens is 7. The van der Waals surface area contributed by atoms with Crippen molar-refractivity contribution in [1.82, 2.24) is 40.3 Å². The molecule has 0 spiro atoms. The van der Waals surface area contributed by atoms with E-state index >= 15 is 0 Å². The summed E-state index contributed by atoms with van der Waals surface area (Å²) in [5, 5.41) is 21.5. The van der Waals surface area contributed by atoms with Crippen molar-refractivity contribution in [3.8, 4) is 0 Å². The van der Waals surface area contributed by atoms with Gasteiger partial charge < -0.3 is 10.6 Å². The van der Waals surface area contributed by atoms with Crippen molar-refractivity contribution in [3.05, 3.63) is 82.8 Å². The predicted octanol–water partition coefficient (Wildman–Crippen LogP) is 2.65. The lowest BCUT2D eigenvalue weighted by Gasteiger charge is -2.05. The molecule has 0 bridgehead atoms. The molecule has 3 aromatic heterocycles. The topological polar surface area (TPSA) is 133 Å². The molecule has 0 saturated carbocycles. The molecule has 0 aliphatic rings. The van der Waals surface area contributed by atoms with Crippen molar-refractivity contribution in [1.29, 1.82) is 0 Å². The van der Waals surface area contributed by atoms with Gasteiger partial charge >= 0.3 is 0 Å². The summed E-state index contributed by atoms with van der Waals surface area (Å²) < 4.78 is 17.0. The molecule has 0 radical (unpaired) electrons. The molecule has 11 nitrogen and oxygen atoms in total. The molecule has 4 aromatic rings. The molecule has 0 fully saturated rings. The maximum absolute atomic E-state index is 13.8. The number of nitrogens with zero attached hydrogens (tertiary/aromatic N) is 7. The third kappa shape index (κ3) is 7.15. The fraction of sp³-hybridized carbons (Fsp3) is 0.261. The lowest BCUT2D eigenvalue weighted by Crippen LogP contribution is -2.23. The van der Waals surface area contributed by atoms with Crippen LogP contribution in [0.3, 0.4) is 0 Å². The minimum Gasteiger partial charge on any atom is -0.346 e. The van der Waals surface area contributed by atoms with E-state index < -0.39 is 11.7 Å². The molecule has 2 amide bonds. The largest absolute Gasteiger partial charge is 0.346 e. The molecular weight excluding hydrogens is 489 g/mol. The smallest absolute Gasteiger partial charge is 0.273 e. The number of carbonyl (C=O) groups excluding carboxylic acids is 2. The second-order valence-corrected chi connectivity index (χ2v) is 8.34. The Bertz CT molecular complexity index is 1330. The summed E-state index contributed by atoms with van der Waals surface area (Å²) in [5.41, 5.74) is 1.10. The summed E-state index contributed by atoms with van der Waals surface area (Å²) in [5.74, 6) is -0.749. The standard InChI is InChI=1S/C23H23ClFN9O2/c24-17-6-7-19(25)16(11-17)13-27-23(36)20-14-33(31-29-20)9-3-4-10-34-15-21(30-32-34)28-22(35)12-18-5-1-2-8-26-18/h1-2,5-8,11,14-15H,3-4,9-10,12-13H2,(H,27,36)(H,28,35). The fourth-order valence-electron chi connectivity index (χ4n) is 3.32. The van der Waals surface area contributed by atoms with E-state index in [9.17, 15) is 14.0 Å². The van der Waals surface area contributed by atoms with E-state index in [1.807, 2.05) is 6.07 Å². The second-order valence-electron chi connectivity index (χ2n) is 7.91. The quantitative estimate of drug-likeness (QED) is 0.296. The number of hydrogen-bond acceptors (Lipinski definition) is 7. The van der Waals surface area contributed by atoms with Crippen LogP contribution >= 0.6 is 11.6 Å². The number of aryl methyl sites for hydroxylation is 2. The minimum atomic E-state index is -0.458. The molecule has 4 rings (SSSR count). The Morgan fingerprint density at radius 3 is 2.56 bits per heavy atom. The molecule has 0 aliphatic heterocycles. The molecular formula is C23H23ClFN9O2. The van der Waals surface area contributed by atoms with Crippen LogP contribution in [0.4, 0.5) is 10.2 Å². The van der Waals surface area contributed by atoms with Crippen LogP contribution < -0.4 is 10.6 Å². The van der Waals surface area contributed by atoms with Crippen molar-refractivity contribution < 1.29 is 14.0 Å². The average Bonchev–Trinajstić information content (AvgIpc) is 3.52. The highest BCUT2D eigenvalue weighted by atomic mass is 35.5. The van der Waals surface area contributed by atoms with Gasteiger partial charge in [-0.25, -0.2) is 4.39 Å². The highest BCUT2D eigenvalue weighted by Gasteiger charge is 2.12. The van der Waals surface area contributed by atoms with Crippen LogP contribution in [0.1, 0.15) is 34.6 Å². The van der Waals surface area contributed by atoms with Gasteiger partial charge in [-0.15, -0.1) is 10.2 Å². The van der Waals surface area contributed by atoms with Crippen molar-refractivity contribution in [2.24, 2.45) is 0 Å². The van der Waals surface area contributed by atoms with Gasteiger partial charge in [-0.1, -0.05) is 28.1 Å². The Balaban J connectivity index is 1.17. The lowest BCUT2D eigenvalue weighted by molar-refractivity contribution is -0.115. The third-order valence-corrected chi connectivity index (χ3v) is 5.35. The first-order valence-electron chi connectivity index (χ1n) is 11.2. The number of benzene rings is 1. The Morgan fingerprint density at radius 2 is 1.78 bits per heavy atom. The second kappa shape index (κ2) is 12.0. The van der Waals surface area contributed by atoms with E-state index in [0.29, 0.717) is 29.6 Å². The zero-order chi connectivity index (χ0) is 25.3. The molecule has 0 saturated heterocycles. The zero-order valence-electron chi connectivity index (χ0n) is 19.1. The van der Waals surface area contributed by atoms with Crippen LogP contribution in [0.15, 0.2) is 55.0 Å². The minimum absolute atomic E-state index is 0.0123. The zero-order valence-corrected chi connectivity index (χ0v) is 19.9. The molecule has 0 aliphatic carbocycles. The van der Waals surface area contributed by atoms with Crippen LogP contribution in [0.2, 0.25) is 5.02 Å². The number of rotatable bonds is 11. The summed E-state index contributed by atoms with van der Waals surface area (Å²) in [4.78, 5) is 28.5. The summed E-state index contributed by atoms with van der Waals surface area (Å²) in [6.07, 6.45) is 6.51. The highest BCUT2D eigenvalue weighted by molar-refractivity contribution is 6.30. The van der Waals surface area contributed by atoms with Gasteiger partial charge in [0.2, 0.25) is 5.91 Å². The summed E-state index contributed by atoms with van der Waals surface area (Å²) in [7, 11) is 0. The average molecular weight is 512 g/mol. The lowest BCUT2D eigenvalue weighted by atomic mass is 10.2. The van der Waals surface area contributed by atoms with Gasteiger partial charge in [0.1, 0.15) is 5.82 Å². The molecule has 0 atom stereocenters. The van der Waals surface area contributed by atoms with Gasteiger partial charge in [-0.3, -0.25) is 23.9 Å². The fourth-order valence-corrected chi connectivity index (χ4v) is 3.52. The van der Waals surface area contributed by atoms with E-state index in [0.717, 1.165) is 12.8 Å². The van der Waals surface area contributed by atoms with E-state index in [4.69, 9.17) is 11.6 Å². The molecule has 3 heterocycles. The first-order chi connectivity index (χ1) is 17.5. The van der Waals surface area contributed by atoms with Crippen molar-refractivity contribution in [2.75, 3.05) is 5.32 Å². The van der Waals surface area contributed by atoms with Gasteiger partial charge in [-0.05, 0) is 43.2 Å². The monoisotopic (exact) mass is 511 g/mol. The van der Waals surface area contributed by atoms with Crippen LogP contribution in [0.5, 0.6) is 0 Å². The normalized spacial score (nSPS) is 10.8. The summed E-state index contributed by atoms with van der Waals surface area (Å²) in [6.45, 7) is 1.13. The third-order valence-electron chi connectivity index (χ3n) is 5.12. The first kappa shape index (κ1) is 24.9. The van der Waals surface area contributed by atoms with Crippen LogP contribution in [0, 0.1) is 5.82 Å². The van der Waals surface area contributed by atoms with Gasteiger partial charge in [0.05, 0.1) is 18.8 Å². The number of amides is 2. The molecule has 36 heavy (non-hydrogen) atoms. The Kier molecular flexibility index (Phi) is 8.29. The van der Waals surface area contributed by atoms with Crippen molar-refractivity contribution in [2.45, 2.75) is 38.9 Å². The number of halogens is 2. The van der Waals surface area contributed by atoms with E-state index in [2.05, 4.69) is 36.2 Å². The van der Waals surface area contributed by atoms with Crippen LogP contribution in [-0.4, -0.2) is 46.8 Å². The number of pyridine rings is 1. The van der Waals surface area contributed by atoms with E-state index in [1.165, 1.54) is 24.4 Å². The maximum Gasteiger partial charge on any atom is 0.273 e. The van der Waals surface area contributed by atoms with Crippen LogP contribution in [-0.2, 0) is 30.8 Å². The van der Waals surface area contributed by atoms with Gasteiger partial charge in [0.15, 0.2) is 11.5 Å². The number of carbonyl (C=O) groups is 2. The van der Waals surface area contributed by atoms with E-state index in [-0.39, 0.29) is 30.1 Å². The molecule has 2 N–H and O–H groups in total. The number of hydrogen-bond donors (Lipinski definition) is 2. The summed E-state index contributed by atoms with van der Waals surface area (Å²) >= 11 is 5.87. The van der Waals surface area contributed by atoms with Gasteiger partial charge in [-0.2, -0.15) is 0 Å². The predicted molar refractivity (Wildman–Crippen MR) is 128 cm³/mol. The van der Waals surface area contributed by atoms with Crippen molar-refractivity contribution >= 4 is 29.2 Å². The Labute approximate surface area is 210 Å². The van der Waals surface area contributed by atoms with Crippen molar-refractivity contribution in [3.63, 3.8) is 0 Å². The molecule has 1 aromatic carbocycles.